The zero-order chi connectivity index (χ0) is 15.5. The van der Waals surface area contributed by atoms with E-state index >= 15 is 0 Å². The Hall–Kier alpha value is -2.77. The molecule has 3 aromatic heterocycles. The highest BCUT2D eigenvalue weighted by Crippen LogP contribution is 2.34. The van der Waals surface area contributed by atoms with Crippen molar-refractivity contribution in [2.75, 3.05) is 0 Å². The Labute approximate surface area is 136 Å². The fourth-order valence-electron chi connectivity index (χ4n) is 2.16. The number of hydrogen-bond acceptors (Lipinski definition) is 7. The van der Waals surface area contributed by atoms with Gasteiger partial charge in [0.1, 0.15) is 12.4 Å². The molecule has 0 bridgehead atoms. The standard InChI is InChI=1S/C16H12N4O2S/c1-2-11(7-17-5-1)14-3-4-15(23-14)13-6-16(20-22-13)21-12-8-18-10-19-9-12/h1-10,13,20H. The molecule has 1 unspecified atom stereocenters. The van der Waals surface area contributed by atoms with Gasteiger partial charge in [-0.3, -0.25) is 9.82 Å². The molecule has 3 aromatic rings. The Morgan fingerprint density at radius 1 is 1.09 bits per heavy atom. The van der Waals surface area contributed by atoms with Crippen LogP contribution in [0.2, 0.25) is 0 Å². The monoisotopic (exact) mass is 324 g/mol. The Morgan fingerprint density at radius 2 is 2.00 bits per heavy atom. The first-order chi connectivity index (χ1) is 11.4. The predicted molar refractivity (Wildman–Crippen MR) is 85.3 cm³/mol. The summed E-state index contributed by atoms with van der Waals surface area (Å²) in [6.07, 6.45) is 9.94. The van der Waals surface area contributed by atoms with Gasteiger partial charge in [-0.25, -0.2) is 15.4 Å². The highest BCUT2D eigenvalue weighted by atomic mass is 32.1. The number of hydrogen-bond donors (Lipinski definition) is 1. The zero-order valence-electron chi connectivity index (χ0n) is 11.9. The molecule has 0 aromatic carbocycles. The summed E-state index contributed by atoms with van der Waals surface area (Å²) in [7, 11) is 0. The minimum Gasteiger partial charge on any atom is -0.436 e. The molecule has 0 saturated heterocycles. The maximum Gasteiger partial charge on any atom is 0.216 e. The highest BCUT2D eigenvalue weighted by molar-refractivity contribution is 7.15. The maximum atomic E-state index is 5.61. The topological polar surface area (TPSA) is 69.2 Å². The largest absolute Gasteiger partial charge is 0.436 e. The van der Waals surface area contributed by atoms with Gasteiger partial charge in [0.25, 0.3) is 0 Å². The summed E-state index contributed by atoms with van der Waals surface area (Å²) in [6.45, 7) is 0. The lowest BCUT2D eigenvalue weighted by molar-refractivity contribution is 0.0290. The molecule has 114 valence electrons. The summed E-state index contributed by atoms with van der Waals surface area (Å²) >= 11 is 1.66. The zero-order valence-corrected chi connectivity index (χ0v) is 12.7. The van der Waals surface area contributed by atoms with Gasteiger partial charge in [0.15, 0.2) is 5.75 Å². The van der Waals surface area contributed by atoms with E-state index in [9.17, 15) is 0 Å². The van der Waals surface area contributed by atoms with E-state index in [1.807, 2.05) is 30.5 Å². The number of nitrogens with one attached hydrogen (secondary N) is 1. The predicted octanol–water partition coefficient (Wildman–Crippen LogP) is 3.10. The van der Waals surface area contributed by atoms with Crippen molar-refractivity contribution in [3.05, 3.63) is 72.2 Å². The molecule has 6 nitrogen and oxygen atoms in total. The maximum absolute atomic E-state index is 5.61. The van der Waals surface area contributed by atoms with Crippen molar-refractivity contribution in [3.63, 3.8) is 0 Å². The second-order valence-electron chi connectivity index (χ2n) is 4.79. The van der Waals surface area contributed by atoms with Crippen LogP contribution in [0.1, 0.15) is 11.0 Å². The van der Waals surface area contributed by atoms with E-state index in [0.717, 1.165) is 15.3 Å². The van der Waals surface area contributed by atoms with Gasteiger partial charge in [-0.05, 0) is 18.2 Å². The number of thiophene rings is 1. The van der Waals surface area contributed by atoms with Crippen molar-refractivity contribution in [2.24, 2.45) is 0 Å². The van der Waals surface area contributed by atoms with Gasteiger partial charge >= 0.3 is 0 Å². The summed E-state index contributed by atoms with van der Waals surface area (Å²) in [5.41, 5.74) is 3.87. The molecule has 0 fully saturated rings. The number of nitrogens with zero attached hydrogens (tertiary/aromatic N) is 3. The van der Waals surface area contributed by atoms with Crippen LogP contribution in [-0.2, 0) is 4.84 Å². The second kappa shape index (κ2) is 6.15. The quantitative estimate of drug-likeness (QED) is 0.795. The van der Waals surface area contributed by atoms with E-state index in [0.29, 0.717) is 11.6 Å². The third-order valence-corrected chi connectivity index (χ3v) is 4.40. The summed E-state index contributed by atoms with van der Waals surface area (Å²) in [5, 5.41) is 0. The molecule has 0 saturated carbocycles. The van der Waals surface area contributed by atoms with Crippen molar-refractivity contribution < 1.29 is 9.57 Å². The third-order valence-electron chi connectivity index (χ3n) is 3.21. The molecule has 1 aliphatic heterocycles. The molecular weight excluding hydrogens is 312 g/mol. The van der Waals surface area contributed by atoms with Gasteiger partial charge in [-0.1, -0.05) is 6.07 Å². The molecule has 0 spiro atoms. The fraction of sp³-hybridized carbons (Fsp3) is 0.0625. The molecule has 1 aliphatic rings. The summed E-state index contributed by atoms with van der Waals surface area (Å²) in [6, 6.07) is 8.08. The second-order valence-corrected chi connectivity index (χ2v) is 5.91. The van der Waals surface area contributed by atoms with E-state index in [1.165, 1.54) is 6.33 Å². The lowest BCUT2D eigenvalue weighted by atomic mass is 10.2. The molecule has 1 atom stereocenters. The van der Waals surface area contributed by atoms with Crippen LogP contribution in [0.25, 0.3) is 10.4 Å². The summed E-state index contributed by atoms with van der Waals surface area (Å²) in [4.78, 5) is 19.7. The van der Waals surface area contributed by atoms with Crippen LogP contribution in [0, 0.1) is 0 Å². The van der Waals surface area contributed by atoms with Crippen LogP contribution in [0.15, 0.2) is 67.3 Å². The first-order valence-electron chi connectivity index (χ1n) is 6.95. The van der Waals surface area contributed by atoms with Crippen molar-refractivity contribution in [1.29, 1.82) is 0 Å². The number of rotatable bonds is 4. The van der Waals surface area contributed by atoms with Crippen LogP contribution >= 0.6 is 11.3 Å². The molecule has 4 rings (SSSR count). The molecule has 0 aliphatic carbocycles. The van der Waals surface area contributed by atoms with Crippen molar-refractivity contribution >= 4 is 11.3 Å². The first-order valence-corrected chi connectivity index (χ1v) is 7.76. The van der Waals surface area contributed by atoms with Gasteiger partial charge in [-0.15, -0.1) is 11.3 Å². The van der Waals surface area contributed by atoms with E-state index in [2.05, 4.69) is 26.5 Å². The van der Waals surface area contributed by atoms with Crippen LogP contribution < -0.4 is 10.2 Å². The molecular formula is C16H12N4O2S. The Bertz CT molecular complexity index is 820. The molecule has 7 heteroatoms. The molecule has 23 heavy (non-hydrogen) atoms. The van der Waals surface area contributed by atoms with E-state index < -0.39 is 0 Å². The fourth-order valence-corrected chi connectivity index (χ4v) is 3.15. The van der Waals surface area contributed by atoms with Gasteiger partial charge in [0.2, 0.25) is 5.88 Å². The lowest BCUT2D eigenvalue weighted by Gasteiger charge is -2.05. The average Bonchev–Trinajstić information content (AvgIpc) is 3.26. The van der Waals surface area contributed by atoms with Crippen LogP contribution in [-0.4, -0.2) is 15.0 Å². The van der Waals surface area contributed by atoms with Crippen LogP contribution in [0.5, 0.6) is 5.75 Å². The van der Waals surface area contributed by atoms with E-state index in [1.54, 1.807) is 29.9 Å². The molecule has 0 radical (unpaired) electrons. The highest BCUT2D eigenvalue weighted by Gasteiger charge is 2.21. The normalized spacial score (nSPS) is 16.7. The number of aromatic nitrogens is 3. The minimum absolute atomic E-state index is 0.190. The SMILES string of the molecule is C1=C(Oc2cncnc2)NOC1c1ccc(-c2cccnc2)s1. The average molecular weight is 324 g/mol. The Morgan fingerprint density at radius 3 is 2.83 bits per heavy atom. The van der Waals surface area contributed by atoms with E-state index in [4.69, 9.17) is 9.57 Å². The number of hydroxylamine groups is 1. The number of pyridine rings is 1. The first kappa shape index (κ1) is 13.9. The van der Waals surface area contributed by atoms with Crippen molar-refractivity contribution in [2.45, 2.75) is 6.10 Å². The van der Waals surface area contributed by atoms with Gasteiger partial charge in [0, 0.05) is 33.8 Å². The van der Waals surface area contributed by atoms with E-state index in [-0.39, 0.29) is 6.10 Å². The Balaban J connectivity index is 1.50. The van der Waals surface area contributed by atoms with Gasteiger partial charge < -0.3 is 4.74 Å². The van der Waals surface area contributed by atoms with Crippen LogP contribution in [0.4, 0.5) is 0 Å². The number of ether oxygens (including phenoxy) is 1. The lowest BCUT2D eigenvalue weighted by Crippen LogP contribution is -2.12. The third kappa shape index (κ3) is 3.05. The van der Waals surface area contributed by atoms with Crippen LogP contribution in [0.3, 0.4) is 0 Å². The van der Waals surface area contributed by atoms with Crippen molar-refractivity contribution in [1.82, 2.24) is 20.4 Å². The summed E-state index contributed by atoms with van der Waals surface area (Å²) in [5.74, 6) is 1.08. The van der Waals surface area contributed by atoms with Gasteiger partial charge in [-0.2, -0.15) is 0 Å². The smallest absolute Gasteiger partial charge is 0.216 e. The Kier molecular flexibility index (Phi) is 3.71. The molecule has 0 amide bonds. The van der Waals surface area contributed by atoms with Crippen molar-refractivity contribution in [3.8, 4) is 16.2 Å². The van der Waals surface area contributed by atoms with Gasteiger partial charge in [0.05, 0.1) is 12.4 Å². The summed E-state index contributed by atoms with van der Waals surface area (Å²) < 4.78 is 5.61. The molecule has 1 N–H and O–H groups in total. The molecule has 4 heterocycles. The minimum atomic E-state index is -0.190.